The number of benzene rings is 2. The molecule has 0 aromatic heterocycles. The van der Waals surface area contributed by atoms with Crippen molar-refractivity contribution < 1.29 is 13.2 Å². The number of hydrogen-bond donors (Lipinski definition) is 1. The summed E-state index contributed by atoms with van der Waals surface area (Å²) in [5, 5.41) is 3.52. The highest BCUT2D eigenvalue weighted by Crippen LogP contribution is 2.39. The van der Waals surface area contributed by atoms with E-state index in [-0.39, 0.29) is 27.6 Å². The Morgan fingerprint density at radius 3 is 2.46 bits per heavy atom. The van der Waals surface area contributed by atoms with E-state index < -0.39 is 9.84 Å². The van der Waals surface area contributed by atoms with Crippen molar-refractivity contribution in [1.29, 1.82) is 0 Å². The third kappa shape index (κ3) is 3.64. The van der Waals surface area contributed by atoms with Crippen molar-refractivity contribution in [2.45, 2.75) is 22.2 Å². The van der Waals surface area contributed by atoms with Crippen LogP contribution in [-0.4, -0.2) is 61.6 Å². The van der Waals surface area contributed by atoms with Gasteiger partial charge in [-0.2, -0.15) is 0 Å². The molecule has 2 heterocycles. The predicted molar refractivity (Wildman–Crippen MR) is 111 cm³/mol. The summed E-state index contributed by atoms with van der Waals surface area (Å²) in [4.78, 5) is 18.5. The third-order valence-corrected chi connectivity index (χ3v) is 8.21. The maximum atomic E-state index is 13.0. The van der Waals surface area contributed by atoms with E-state index >= 15 is 0 Å². The number of amides is 1. The minimum atomic E-state index is -3.44. The van der Waals surface area contributed by atoms with Crippen LogP contribution in [0.4, 0.5) is 5.69 Å². The smallest absolute Gasteiger partial charge is 0.255 e. The number of para-hydroxylation sites is 1. The fourth-order valence-electron chi connectivity index (χ4n) is 3.54. The van der Waals surface area contributed by atoms with Crippen LogP contribution in [0.15, 0.2) is 58.3 Å². The number of fused-ring (bicyclic) bond motifs is 1. The first-order valence-electron chi connectivity index (χ1n) is 9.37. The Kier molecular flexibility index (Phi) is 5.35. The summed E-state index contributed by atoms with van der Waals surface area (Å²) in [6.45, 7) is 4.24. The molecule has 1 unspecified atom stereocenters. The van der Waals surface area contributed by atoms with Gasteiger partial charge in [0.05, 0.1) is 16.2 Å². The minimum Gasteiger partial charge on any atom is -0.360 e. The molecule has 2 aromatic rings. The summed E-state index contributed by atoms with van der Waals surface area (Å²) in [7, 11) is -3.44. The fourth-order valence-corrected chi connectivity index (χ4v) is 5.82. The van der Waals surface area contributed by atoms with Crippen molar-refractivity contribution in [2.24, 2.45) is 0 Å². The lowest BCUT2D eigenvalue weighted by Gasteiger charge is -2.37. The van der Waals surface area contributed by atoms with Gasteiger partial charge in [-0.3, -0.25) is 9.69 Å². The SMILES string of the molecule is CCS(=O)(=O)c1ccccc1C(=O)N1CCN(C2Nc3ccccc3S2)CC1. The molecule has 1 atom stereocenters. The largest absolute Gasteiger partial charge is 0.360 e. The predicted octanol–water partition coefficient (Wildman–Crippen LogP) is 2.74. The monoisotopic (exact) mass is 417 g/mol. The van der Waals surface area contributed by atoms with Gasteiger partial charge in [-0.05, 0) is 24.3 Å². The highest BCUT2D eigenvalue weighted by molar-refractivity contribution is 8.00. The lowest BCUT2D eigenvalue weighted by Crippen LogP contribution is -2.52. The quantitative estimate of drug-likeness (QED) is 0.825. The lowest BCUT2D eigenvalue weighted by atomic mass is 10.2. The van der Waals surface area contributed by atoms with Crippen molar-refractivity contribution in [3.63, 3.8) is 0 Å². The molecule has 1 N–H and O–H groups in total. The van der Waals surface area contributed by atoms with Crippen LogP contribution in [0.25, 0.3) is 0 Å². The molecule has 0 bridgehead atoms. The average molecular weight is 418 g/mol. The maximum Gasteiger partial charge on any atom is 0.255 e. The van der Waals surface area contributed by atoms with Gasteiger partial charge in [0.25, 0.3) is 5.91 Å². The van der Waals surface area contributed by atoms with Gasteiger partial charge in [0.2, 0.25) is 0 Å². The molecule has 4 rings (SSSR count). The summed E-state index contributed by atoms with van der Waals surface area (Å²) in [5.74, 6) is -0.224. The van der Waals surface area contributed by atoms with E-state index in [9.17, 15) is 13.2 Å². The molecule has 28 heavy (non-hydrogen) atoms. The van der Waals surface area contributed by atoms with Gasteiger partial charge in [-0.1, -0.05) is 43.0 Å². The molecule has 2 aliphatic rings. The molecule has 1 fully saturated rings. The zero-order valence-electron chi connectivity index (χ0n) is 15.7. The number of nitrogens with zero attached hydrogens (tertiary/aromatic N) is 2. The Balaban J connectivity index is 1.43. The highest BCUT2D eigenvalue weighted by Gasteiger charge is 2.32. The molecule has 8 heteroatoms. The molecule has 2 aliphatic heterocycles. The molecule has 0 aliphatic carbocycles. The van der Waals surface area contributed by atoms with Crippen LogP contribution in [-0.2, 0) is 9.84 Å². The number of carbonyl (C=O) groups is 1. The summed E-state index contributed by atoms with van der Waals surface area (Å²) >= 11 is 1.79. The number of sulfone groups is 1. The number of piperazine rings is 1. The van der Waals surface area contributed by atoms with Gasteiger partial charge >= 0.3 is 0 Å². The zero-order chi connectivity index (χ0) is 19.7. The van der Waals surface area contributed by atoms with Crippen LogP contribution < -0.4 is 5.32 Å². The van der Waals surface area contributed by atoms with Crippen LogP contribution in [0, 0.1) is 0 Å². The van der Waals surface area contributed by atoms with Crippen molar-refractivity contribution in [2.75, 3.05) is 37.2 Å². The molecule has 1 amide bonds. The van der Waals surface area contributed by atoms with Crippen LogP contribution in [0.1, 0.15) is 17.3 Å². The van der Waals surface area contributed by atoms with Crippen molar-refractivity contribution >= 4 is 33.2 Å². The Morgan fingerprint density at radius 1 is 1.07 bits per heavy atom. The Labute approximate surface area is 169 Å². The van der Waals surface area contributed by atoms with Crippen molar-refractivity contribution in [1.82, 2.24) is 9.80 Å². The second-order valence-electron chi connectivity index (χ2n) is 6.84. The molecule has 6 nitrogen and oxygen atoms in total. The van der Waals surface area contributed by atoms with Gasteiger partial charge in [0.15, 0.2) is 9.84 Å². The molecule has 0 spiro atoms. The first-order valence-corrected chi connectivity index (χ1v) is 11.9. The standard InChI is InChI=1S/C20H23N3O3S2/c1-2-28(25,26)18-10-6-3-7-15(18)19(24)22-11-13-23(14-12-22)20-21-16-8-4-5-9-17(16)27-20/h3-10,20-21H,2,11-14H2,1H3. The molecular formula is C20H23N3O3S2. The van der Waals surface area contributed by atoms with Gasteiger partial charge < -0.3 is 10.2 Å². The van der Waals surface area contributed by atoms with E-state index in [0.717, 1.165) is 18.8 Å². The fraction of sp³-hybridized carbons (Fsp3) is 0.350. The highest BCUT2D eigenvalue weighted by atomic mass is 32.2. The molecular weight excluding hydrogens is 394 g/mol. The van der Waals surface area contributed by atoms with Crippen LogP contribution in [0.3, 0.4) is 0 Å². The molecule has 2 aromatic carbocycles. The van der Waals surface area contributed by atoms with E-state index in [1.807, 2.05) is 12.1 Å². The molecule has 0 saturated carbocycles. The minimum absolute atomic E-state index is 0.0177. The van der Waals surface area contributed by atoms with Gasteiger partial charge in [0.1, 0.15) is 5.50 Å². The Hall–Kier alpha value is -2.03. The summed E-state index contributed by atoms with van der Waals surface area (Å²) < 4.78 is 24.7. The van der Waals surface area contributed by atoms with Crippen LogP contribution in [0.2, 0.25) is 0 Å². The molecule has 148 valence electrons. The number of hydrogen-bond acceptors (Lipinski definition) is 6. The molecule has 0 radical (unpaired) electrons. The summed E-state index contributed by atoms with van der Waals surface area (Å²) in [6, 6.07) is 14.8. The number of nitrogens with one attached hydrogen (secondary N) is 1. The average Bonchev–Trinajstić information content (AvgIpc) is 3.17. The van der Waals surface area contributed by atoms with Crippen molar-refractivity contribution in [3.8, 4) is 0 Å². The number of rotatable bonds is 4. The van der Waals surface area contributed by atoms with E-state index in [1.54, 1.807) is 41.8 Å². The summed E-state index contributed by atoms with van der Waals surface area (Å²) in [5.41, 5.74) is 1.59. The number of thioether (sulfide) groups is 1. The van der Waals surface area contributed by atoms with E-state index in [2.05, 4.69) is 22.3 Å². The lowest BCUT2D eigenvalue weighted by molar-refractivity contribution is 0.0630. The Morgan fingerprint density at radius 2 is 1.75 bits per heavy atom. The second kappa shape index (κ2) is 7.77. The van der Waals surface area contributed by atoms with Crippen molar-refractivity contribution in [3.05, 3.63) is 54.1 Å². The van der Waals surface area contributed by atoms with Gasteiger partial charge in [0, 0.05) is 36.8 Å². The normalized spacial score (nSPS) is 19.9. The number of anilines is 1. The van der Waals surface area contributed by atoms with E-state index in [0.29, 0.717) is 13.1 Å². The third-order valence-electron chi connectivity index (χ3n) is 5.17. The van der Waals surface area contributed by atoms with Crippen LogP contribution in [0.5, 0.6) is 0 Å². The van der Waals surface area contributed by atoms with Crippen LogP contribution >= 0.6 is 11.8 Å². The number of carbonyl (C=O) groups excluding carboxylic acids is 1. The topological polar surface area (TPSA) is 69.7 Å². The van der Waals surface area contributed by atoms with Gasteiger partial charge in [-0.25, -0.2) is 8.42 Å². The van der Waals surface area contributed by atoms with E-state index in [4.69, 9.17) is 0 Å². The maximum absolute atomic E-state index is 13.0. The first kappa shape index (κ1) is 19.3. The molecule has 1 saturated heterocycles. The van der Waals surface area contributed by atoms with Gasteiger partial charge in [-0.15, -0.1) is 0 Å². The Bertz CT molecular complexity index is 961. The van der Waals surface area contributed by atoms with E-state index in [1.165, 1.54) is 11.0 Å². The second-order valence-corrected chi connectivity index (χ2v) is 10.2. The zero-order valence-corrected chi connectivity index (χ0v) is 17.3. The first-order chi connectivity index (χ1) is 13.5. The summed E-state index contributed by atoms with van der Waals surface area (Å²) in [6.07, 6.45) is 0.